The number of amides is 1. The van der Waals surface area contributed by atoms with Crippen LogP contribution in [0.5, 0.6) is 11.5 Å². The van der Waals surface area contributed by atoms with E-state index in [1.54, 1.807) is 38.5 Å². The number of nitrogens with one attached hydrogen (secondary N) is 1. The zero-order valence-corrected chi connectivity index (χ0v) is 19.4. The minimum Gasteiger partial charge on any atom is -0.496 e. The van der Waals surface area contributed by atoms with Crippen molar-refractivity contribution in [2.75, 3.05) is 27.4 Å². The SMILES string of the molecule is COCCCN1C(=O)/C(=C\c2ccc(OC)c(COc3ccc(Cl)cc3Cl)c2)NC1=S. The Labute approximate surface area is 196 Å². The summed E-state index contributed by atoms with van der Waals surface area (Å²) in [5.41, 5.74) is 2.02. The zero-order valence-electron chi connectivity index (χ0n) is 17.1. The molecular weight excluding hydrogens is 459 g/mol. The molecule has 1 N–H and O–H groups in total. The topological polar surface area (TPSA) is 60.0 Å². The fourth-order valence-corrected chi connectivity index (χ4v) is 3.80. The average Bonchev–Trinajstić information content (AvgIpc) is 3.00. The predicted molar refractivity (Wildman–Crippen MR) is 126 cm³/mol. The summed E-state index contributed by atoms with van der Waals surface area (Å²) >= 11 is 17.4. The van der Waals surface area contributed by atoms with E-state index in [1.165, 1.54) is 4.90 Å². The third-order valence-corrected chi connectivity index (χ3v) is 5.44. The fourth-order valence-electron chi connectivity index (χ4n) is 3.06. The van der Waals surface area contributed by atoms with E-state index >= 15 is 0 Å². The molecule has 0 aliphatic carbocycles. The summed E-state index contributed by atoms with van der Waals surface area (Å²) in [5, 5.41) is 4.33. The molecule has 1 fully saturated rings. The monoisotopic (exact) mass is 480 g/mol. The third kappa shape index (κ3) is 5.89. The number of ether oxygens (including phenoxy) is 3. The number of rotatable bonds is 9. The fraction of sp³-hybridized carbons (Fsp3) is 0.273. The Morgan fingerprint density at radius 3 is 2.61 bits per heavy atom. The van der Waals surface area contributed by atoms with Crippen LogP contribution in [0.4, 0.5) is 0 Å². The number of carbonyl (C=O) groups is 1. The summed E-state index contributed by atoms with van der Waals surface area (Å²) in [7, 11) is 3.21. The molecular formula is C22H22Cl2N2O4S. The van der Waals surface area contributed by atoms with Crippen molar-refractivity contribution < 1.29 is 19.0 Å². The molecule has 0 bridgehead atoms. The minimum atomic E-state index is -0.164. The second kappa shape index (κ2) is 10.8. The number of hydrogen-bond acceptors (Lipinski definition) is 5. The average molecular weight is 481 g/mol. The van der Waals surface area contributed by atoms with Crippen LogP contribution in [0.3, 0.4) is 0 Å². The van der Waals surface area contributed by atoms with Crippen LogP contribution in [0.25, 0.3) is 6.08 Å². The van der Waals surface area contributed by atoms with Gasteiger partial charge in [-0.05, 0) is 60.6 Å². The number of nitrogens with zero attached hydrogens (tertiary/aromatic N) is 1. The summed E-state index contributed by atoms with van der Waals surface area (Å²) < 4.78 is 16.3. The van der Waals surface area contributed by atoms with E-state index in [0.29, 0.717) is 51.9 Å². The maximum atomic E-state index is 12.7. The molecule has 6 nitrogen and oxygen atoms in total. The van der Waals surface area contributed by atoms with E-state index in [9.17, 15) is 4.79 Å². The van der Waals surface area contributed by atoms with Gasteiger partial charge in [-0.25, -0.2) is 0 Å². The first-order chi connectivity index (χ1) is 14.9. The summed E-state index contributed by atoms with van der Waals surface area (Å²) in [6.07, 6.45) is 2.46. The number of methoxy groups -OCH3 is 2. The van der Waals surface area contributed by atoms with Crippen LogP contribution in [0, 0.1) is 0 Å². The van der Waals surface area contributed by atoms with Gasteiger partial charge in [0.1, 0.15) is 23.8 Å². The number of halogens is 2. The molecule has 3 rings (SSSR count). The zero-order chi connectivity index (χ0) is 22.4. The molecule has 31 heavy (non-hydrogen) atoms. The van der Waals surface area contributed by atoms with Crippen LogP contribution in [-0.2, 0) is 16.1 Å². The van der Waals surface area contributed by atoms with Gasteiger partial charge in [0.15, 0.2) is 5.11 Å². The van der Waals surface area contributed by atoms with Crippen molar-refractivity contribution >= 4 is 52.5 Å². The lowest BCUT2D eigenvalue weighted by atomic mass is 10.1. The molecule has 1 aliphatic rings. The summed E-state index contributed by atoms with van der Waals surface area (Å²) in [6, 6.07) is 10.6. The molecule has 2 aromatic carbocycles. The van der Waals surface area contributed by atoms with Crippen molar-refractivity contribution in [3.05, 3.63) is 63.3 Å². The lowest BCUT2D eigenvalue weighted by Crippen LogP contribution is -2.32. The maximum absolute atomic E-state index is 12.7. The van der Waals surface area contributed by atoms with Gasteiger partial charge in [0.25, 0.3) is 5.91 Å². The van der Waals surface area contributed by atoms with Crippen molar-refractivity contribution in [1.82, 2.24) is 10.2 Å². The predicted octanol–water partition coefficient (Wildman–Crippen LogP) is 4.68. The van der Waals surface area contributed by atoms with Crippen LogP contribution >= 0.6 is 35.4 Å². The van der Waals surface area contributed by atoms with Gasteiger partial charge in [-0.3, -0.25) is 9.69 Å². The lowest BCUT2D eigenvalue weighted by molar-refractivity contribution is -0.122. The molecule has 0 radical (unpaired) electrons. The molecule has 2 aromatic rings. The molecule has 9 heteroatoms. The Balaban J connectivity index is 1.77. The highest BCUT2D eigenvalue weighted by molar-refractivity contribution is 7.80. The summed E-state index contributed by atoms with van der Waals surface area (Å²) in [6.45, 7) is 1.29. The third-order valence-electron chi connectivity index (χ3n) is 4.59. The second-order valence-corrected chi connectivity index (χ2v) is 7.96. The number of carbonyl (C=O) groups excluding carboxylic acids is 1. The van der Waals surface area contributed by atoms with E-state index in [2.05, 4.69) is 5.32 Å². The van der Waals surface area contributed by atoms with Crippen LogP contribution < -0.4 is 14.8 Å². The molecule has 0 aromatic heterocycles. The van der Waals surface area contributed by atoms with Gasteiger partial charge < -0.3 is 19.5 Å². The largest absolute Gasteiger partial charge is 0.496 e. The Morgan fingerprint density at radius 2 is 1.90 bits per heavy atom. The second-order valence-electron chi connectivity index (χ2n) is 6.73. The highest BCUT2D eigenvalue weighted by atomic mass is 35.5. The van der Waals surface area contributed by atoms with Gasteiger partial charge in [-0.1, -0.05) is 29.3 Å². The van der Waals surface area contributed by atoms with E-state index in [1.807, 2.05) is 18.2 Å². The van der Waals surface area contributed by atoms with E-state index in [4.69, 9.17) is 49.6 Å². The molecule has 1 aliphatic heterocycles. The molecule has 1 amide bonds. The van der Waals surface area contributed by atoms with E-state index in [-0.39, 0.29) is 12.5 Å². The molecule has 1 saturated heterocycles. The maximum Gasteiger partial charge on any atom is 0.276 e. The van der Waals surface area contributed by atoms with Gasteiger partial charge >= 0.3 is 0 Å². The van der Waals surface area contributed by atoms with Crippen LogP contribution in [0.1, 0.15) is 17.5 Å². The Morgan fingerprint density at radius 1 is 1.13 bits per heavy atom. The van der Waals surface area contributed by atoms with Crippen molar-refractivity contribution in [3.63, 3.8) is 0 Å². The van der Waals surface area contributed by atoms with E-state index < -0.39 is 0 Å². The minimum absolute atomic E-state index is 0.164. The molecule has 0 saturated carbocycles. The molecule has 0 unspecified atom stereocenters. The lowest BCUT2D eigenvalue weighted by Gasteiger charge is -2.13. The quantitative estimate of drug-likeness (QED) is 0.319. The van der Waals surface area contributed by atoms with Crippen LogP contribution in [-0.4, -0.2) is 43.3 Å². The van der Waals surface area contributed by atoms with Crippen molar-refractivity contribution in [3.8, 4) is 11.5 Å². The smallest absolute Gasteiger partial charge is 0.276 e. The van der Waals surface area contributed by atoms with Crippen molar-refractivity contribution in [2.45, 2.75) is 13.0 Å². The standard InChI is InChI=1S/C22H22Cl2N2O4S/c1-28-9-3-8-26-21(27)18(25-22(26)31)11-14-4-6-19(29-2)15(10-14)13-30-20-7-5-16(23)12-17(20)24/h4-7,10-12H,3,8-9,13H2,1-2H3,(H,25,31)/b18-11+. The van der Waals surface area contributed by atoms with Crippen molar-refractivity contribution in [2.24, 2.45) is 0 Å². The van der Waals surface area contributed by atoms with Crippen molar-refractivity contribution in [1.29, 1.82) is 0 Å². The molecule has 1 heterocycles. The first-order valence-corrected chi connectivity index (χ1v) is 10.7. The van der Waals surface area contributed by atoms with Crippen LogP contribution in [0.15, 0.2) is 42.1 Å². The Kier molecular flexibility index (Phi) is 8.15. The number of thiocarbonyl (C=S) groups is 1. The first-order valence-electron chi connectivity index (χ1n) is 9.51. The number of hydrogen-bond donors (Lipinski definition) is 1. The highest BCUT2D eigenvalue weighted by Crippen LogP contribution is 2.30. The normalized spacial score (nSPS) is 14.8. The molecule has 0 spiro atoms. The van der Waals surface area contributed by atoms with Gasteiger partial charge in [0.2, 0.25) is 0 Å². The summed E-state index contributed by atoms with van der Waals surface area (Å²) in [5.74, 6) is 1.01. The van der Waals surface area contributed by atoms with Crippen LogP contribution in [0.2, 0.25) is 10.0 Å². The Bertz CT molecular complexity index is 1010. The summed E-state index contributed by atoms with van der Waals surface area (Å²) in [4.78, 5) is 14.2. The first kappa shape index (κ1) is 23.3. The molecule has 0 atom stereocenters. The number of benzene rings is 2. The van der Waals surface area contributed by atoms with Gasteiger partial charge in [-0.15, -0.1) is 0 Å². The van der Waals surface area contributed by atoms with E-state index in [0.717, 1.165) is 11.1 Å². The van der Waals surface area contributed by atoms with Gasteiger partial charge in [0, 0.05) is 30.8 Å². The van der Waals surface area contributed by atoms with Gasteiger partial charge in [0.05, 0.1) is 12.1 Å². The Hall–Kier alpha value is -2.32. The molecule has 164 valence electrons. The highest BCUT2D eigenvalue weighted by Gasteiger charge is 2.30. The van der Waals surface area contributed by atoms with Gasteiger partial charge in [-0.2, -0.15) is 0 Å².